The summed E-state index contributed by atoms with van der Waals surface area (Å²) in [6.07, 6.45) is 3.60. The fraction of sp³-hybridized carbons (Fsp3) is 0.438. The minimum Gasteiger partial charge on any atom is -0.463 e. The molecular formula is C16H20BrNO2. The van der Waals surface area contributed by atoms with Crippen molar-refractivity contribution in [3.63, 3.8) is 0 Å². The topological polar surface area (TPSA) is 29.5 Å². The Balaban J connectivity index is 2.32. The van der Waals surface area contributed by atoms with E-state index >= 15 is 0 Å². The van der Waals surface area contributed by atoms with Crippen molar-refractivity contribution in [3.05, 3.63) is 39.5 Å². The molecular weight excluding hydrogens is 318 g/mol. The molecule has 0 bridgehead atoms. The minimum atomic E-state index is -0.255. The van der Waals surface area contributed by atoms with E-state index in [1.165, 1.54) is 11.1 Å². The summed E-state index contributed by atoms with van der Waals surface area (Å²) in [6.45, 7) is 7.38. The number of carbonyl (C=O) groups excluding carboxylic acids is 1. The number of esters is 1. The maximum absolute atomic E-state index is 11.6. The van der Waals surface area contributed by atoms with Crippen molar-refractivity contribution < 1.29 is 9.53 Å². The second kappa shape index (κ2) is 6.44. The van der Waals surface area contributed by atoms with Gasteiger partial charge >= 0.3 is 5.97 Å². The third-order valence-electron chi connectivity index (χ3n) is 3.59. The highest BCUT2D eigenvalue weighted by Crippen LogP contribution is 2.35. The zero-order chi connectivity index (χ0) is 14.7. The van der Waals surface area contributed by atoms with Crippen molar-refractivity contribution in [2.45, 2.75) is 33.6 Å². The quantitative estimate of drug-likeness (QED) is 0.613. The van der Waals surface area contributed by atoms with Crippen molar-refractivity contribution in [1.82, 2.24) is 0 Å². The summed E-state index contributed by atoms with van der Waals surface area (Å²) in [5, 5.41) is 0. The van der Waals surface area contributed by atoms with E-state index in [0.717, 1.165) is 35.2 Å². The van der Waals surface area contributed by atoms with Crippen LogP contribution in [0.4, 0.5) is 5.69 Å². The highest BCUT2D eigenvalue weighted by Gasteiger charge is 2.22. The van der Waals surface area contributed by atoms with Crippen LogP contribution < -0.4 is 4.90 Å². The Hall–Kier alpha value is -1.29. The molecule has 0 saturated carbocycles. The molecule has 1 aliphatic rings. The van der Waals surface area contributed by atoms with Gasteiger partial charge in [-0.1, -0.05) is 0 Å². The molecule has 1 heterocycles. The number of carbonyl (C=O) groups is 1. The summed E-state index contributed by atoms with van der Waals surface area (Å²) in [4.78, 5) is 13.8. The van der Waals surface area contributed by atoms with Crippen LogP contribution in [-0.4, -0.2) is 19.1 Å². The van der Waals surface area contributed by atoms with Gasteiger partial charge in [0, 0.05) is 22.8 Å². The molecule has 0 N–H and O–H groups in total. The maximum atomic E-state index is 11.6. The van der Waals surface area contributed by atoms with Gasteiger partial charge in [-0.25, -0.2) is 4.79 Å². The summed E-state index contributed by atoms with van der Waals surface area (Å²) < 4.78 is 6.07. The van der Waals surface area contributed by atoms with E-state index in [0.29, 0.717) is 6.61 Å². The Morgan fingerprint density at radius 3 is 2.80 bits per heavy atom. The van der Waals surface area contributed by atoms with Crippen molar-refractivity contribution in [2.75, 3.05) is 18.1 Å². The highest BCUT2D eigenvalue weighted by molar-refractivity contribution is 9.10. The lowest BCUT2D eigenvalue weighted by molar-refractivity contribution is -0.137. The first kappa shape index (κ1) is 15.1. The van der Waals surface area contributed by atoms with E-state index in [9.17, 15) is 4.79 Å². The molecule has 0 amide bonds. The molecule has 0 radical (unpaired) electrons. The molecule has 4 heteroatoms. The van der Waals surface area contributed by atoms with E-state index in [2.05, 4.69) is 46.8 Å². The smallest absolute Gasteiger partial charge is 0.332 e. The Bertz CT molecular complexity index is 552. The Morgan fingerprint density at radius 2 is 2.10 bits per heavy atom. The van der Waals surface area contributed by atoms with Gasteiger partial charge in [-0.05, 0) is 72.8 Å². The number of hydrogen-bond acceptors (Lipinski definition) is 3. The maximum Gasteiger partial charge on any atom is 0.332 e. The zero-order valence-electron chi connectivity index (χ0n) is 12.2. The average molecular weight is 338 g/mol. The number of rotatable bonds is 3. The van der Waals surface area contributed by atoms with Crippen molar-refractivity contribution in [1.29, 1.82) is 0 Å². The standard InChI is InChI=1S/C16H20BrNO2/c1-4-20-16(19)10-13-6-5-7-18(13)15-9-12(3)11(2)8-14(15)17/h8-10H,4-7H2,1-3H3/b13-10+. The summed E-state index contributed by atoms with van der Waals surface area (Å²) in [5.74, 6) is -0.255. The monoisotopic (exact) mass is 337 g/mol. The number of aryl methyl sites for hydroxylation is 2. The van der Waals surface area contributed by atoms with Gasteiger partial charge < -0.3 is 9.64 Å². The fourth-order valence-electron chi connectivity index (χ4n) is 2.41. The summed E-state index contributed by atoms with van der Waals surface area (Å²) in [7, 11) is 0. The molecule has 1 saturated heterocycles. The van der Waals surface area contributed by atoms with Gasteiger partial charge in [0.05, 0.1) is 12.3 Å². The van der Waals surface area contributed by atoms with E-state index in [4.69, 9.17) is 4.74 Å². The van der Waals surface area contributed by atoms with Gasteiger partial charge in [0.1, 0.15) is 0 Å². The second-order valence-electron chi connectivity index (χ2n) is 5.03. The largest absolute Gasteiger partial charge is 0.463 e. The first-order chi connectivity index (χ1) is 9.52. The fourth-order valence-corrected chi connectivity index (χ4v) is 3.09. The number of halogens is 1. The molecule has 0 aromatic heterocycles. The average Bonchev–Trinajstić information content (AvgIpc) is 2.82. The van der Waals surface area contributed by atoms with E-state index in [1.54, 1.807) is 6.08 Å². The first-order valence-electron chi connectivity index (χ1n) is 6.94. The Kier molecular flexibility index (Phi) is 4.86. The molecule has 1 fully saturated rings. The predicted molar refractivity (Wildman–Crippen MR) is 84.9 cm³/mol. The first-order valence-corrected chi connectivity index (χ1v) is 7.74. The third-order valence-corrected chi connectivity index (χ3v) is 4.22. The summed E-state index contributed by atoms with van der Waals surface area (Å²) >= 11 is 3.63. The molecule has 1 aromatic rings. The Morgan fingerprint density at radius 1 is 1.40 bits per heavy atom. The number of hydrogen-bond donors (Lipinski definition) is 0. The van der Waals surface area contributed by atoms with Crippen LogP contribution in [0.25, 0.3) is 0 Å². The van der Waals surface area contributed by atoms with Crippen LogP contribution in [0.15, 0.2) is 28.4 Å². The van der Waals surface area contributed by atoms with E-state index in [-0.39, 0.29) is 5.97 Å². The van der Waals surface area contributed by atoms with Gasteiger partial charge in [0.2, 0.25) is 0 Å². The van der Waals surface area contributed by atoms with Crippen molar-refractivity contribution >= 4 is 27.6 Å². The normalized spacial score (nSPS) is 16.8. The van der Waals surface area contributed by atoms with Crippen LogP contribution in [0.5, 0.6) is 0 Å². The summed E-state index contributed by atoms with van der Waals surface area (Å²) in [6, 6.07) is 4.30. The molecule has 20 heavy (non-hydrogen) atoms. The molecule has 1 aromatic carbocycles. The molecule has 2 rings (SSSR count). The van der Waals surface area contributed by atoms with Crippen LogP contribution in [0, 0.1) is 13.8 Å². The lowest BCUT2D eigenvalue weighted by Crippen LogP contribution is -2.18. The molecule has 3 nitrogen and oxygen atoms in total. The SMILES string of the molecule is CCOC(=O)/C=C1\CCCN1c1cc(C)c(C)cc1Br. The molecule has 1 aliphatic heterocycles. The van der Waals surface area contributed by atoms with Gasteiger partial charge in [-0.2, -0.15) is 0 Å². The minimum absolute atomic E-state index is 0.255. The second-order valence-corrected chi connectivity index (χ2v) is 5.89. The van der Waals surface area contributed by atoms with Crippen molar-refractivity contribution in [3.8, 4) is 0 Å². The molecule has 0 atom stereocenters. The van der Waals surface area contributed by atoms with Gasteiger partial charge in [-0.3, -0.25) is 0 Å². The van der Waals surface area contributed by atoms with Crippen LogP contribution in [-0.2, 0) is 9.53 Å². The lowest BCUT2D eigenvalue weighted by Gasteiger charge is -2.22. The van der Waals surface area contributed by atoms with Crippen LogP contribution in [0.2, 0.25) is 0 Å². The van der Waals surface area contributed by atoms with Crippen LogP contribution in [0.1, 0.15) is 30.9 Å². The number of allylic oxidation sites excluding steroid dienone is 1. The Labute approximate surface area is 128 Å². The summed E-state index contributed by atoms with van der Waals surface area (Å²) in [5.41, 5.74) is 4.68. The number of ether oxygens (including phenoxy) is 1. The van der Waals surface area contributed by atoms with E-state index in [1.807, 2.05) is 6.92 Å². The van der Waals surface area contributed by atoms with Crippen LogP contribution in [0.3, 0.4) is 0 Å². The molecule has 108 valence electrons. The zero-order valence-corrected chi connectivity index (χ0v) is 13.8. The number of benzene rings is 1. The molecule has 0 spiro atoms. The van der Waals surface area contributed by atoms with Crippen LogP contribution >= 0.6 is 15.9 Å². The molecule has 0 aliphatic carbocycles. The van der Waals surface area contributed by atoms with Crippen molar-refractivity contribution in [2.24, 2.45) is 0 Å². The van der Waals surface area contributed by atoms with E-state index < -0.39 is 0 Å². The lowest BCUT2D eigenvalue weighted by atomic mass is 10.1. The highest BCUT2D eigenvalue weighted by atomic mass is 79.9. The van der Waals surface area contributed by atoms with Gasteiger partial charge in [0.15, 0.2) is 0 Å². The third kappa shape index (κ3) is 3.23. The van der Waals surface area contributed by atoms with Gasteiger partial charge in [0.25, 0.3) is 0 Å². The van der Waals surface area contributed by atoms with Gasteiger partial charge in [-0.15, -0.1) is 0 Å². The number of anilines is 1. The molecule has 0 unspecified atom stereocenters. The number of nitrogens with zero attached hydrogens (tertiary/aromatic N) is 1. The predicted octanol–water partition coefficient (Wildman–Crippen LogP) is 4.11.